The molecule has 6 nitrogen and oxygen atoms in total. The van der Waals surface area contributed by atoms with Gasteiger partial charge in [-0.2, -0.15) is 0 Å². The summed E-state index contributed by atoms with van der Waals surface area (Å²) in [5, 5.41) is 11.3. The van der Waals surface area contributed by atoms with E-state index in [9.17, 15) is 14.7 Å². The van der Waals surface area contributed by atoms with Gasteiger partial charge in [-0.05, 0) is 55.3 Å². The molecule has 3 aromatic rings. The predicted molar refractivity (Wildman–Crippen MR) is 127 cm³/mol. The number of carbonyl (C=O) groups is 2. The molecule has 0 bridgehead atoms. The van der Waals surface area contributed by atoms with Gasteiger partial charge in [-0.1, -0.05) is 36.4 Å². The lowest BCUT2D eigenvalue weighted by Crippen LogP contribution is -2.29. The molecule has 6 heteroatoms. The van der Waals surface area contributed by atoms with E-state index >= 15 is 0 Å². The third kappa shape index (κ3) is 3.84. The molecule has 4 rings (SSSR count). The average Bonchev–Trinajstić information content (AvgIpc) is 3.10. The number of carbonyl (C=O) groups excluding carboxylic acids is 2. The summed E-state index contributed by atoms with van der Waals surface area (Å²) in [4.78, 5) is 28.1. The Morgan fingerprint density at radius 2 is 1.64 bits per heavy atom. The van der Waals surface area contributed by atoms with E-state index in [2.05, 4.69) is 0 Å². The summed E-state index contributed by atoms with van der Waals surface area (Å²) in [5.41, 5.74) is 3.60. The maximum atomic E-state index is 13.3. The summed E-state index contributed by atoms with van der Waals surface area (Å²) in [5.74, 6) is -0.705. The number of aliphatic hydroxyl groups excluding tert-OH is 1. The molecule has 1 atom stereocenters. The normalized spacial score (nSPS) is 17.3. The third-order valence-corrected chi connectivity index (χ3v) is 5.99. The summed E-state index contributed by atoms with van der Waals surface area (Å²) >= 11 is 0. The fourth-order valence-electron chi connectivity index (χ4n) is 4.09. The number of aliphatic hydroxyl groups is 1. The number of hydrogen-bond acceptors (Lipinski definition) is 5. The van der Waals surface area contributed by atoms with Crippen molar-refractivity contribution in [2.24, 2.45) is 0 Å². The van der Waals surface area contributed by atoms with Gasteiger partial charge in [0.2, 0.25) is 0 Å². The van der Waals surface area contributed by atoms with Crippen LogP contribution in [-0.4, -0.2) is 31.0 Å². The van der Waals surface area contributed by atoms with Gasteiger partial charge in [0.1, 0.15) is 17.3 Å². The van der Waals surface area contributed by atoms with Gasteiger partial charge in [0, 0.05) is 16.8 Å². The second kappa shape index (κ2) is 8.82. The number of ketones is 1. The molecule has 0 spiro atoms. The van der Waals surface area contributed by atoms with Crippen LogP contribution in [0.25, 0.3) is 5.76 Å². The van der Waals surface area contributed by atoms with Crippen molar-refractivity contribution in [3.05, 3.63) is 94.6 Å². The van der Waals surface area contributed by atoms with E-state index in [-0.39, 0.29) is 11.3 Å². The molecule has 1 N–H and O–H groups in total. The molecular formula is C27H25NO5. The minimum Gasteiger partial charge on any atom is -0.507 e. The SMILES string of the molecule is COc1cccc(/C(O)=C2\C(=O)C(=O)N(c3ccc(C)c(C)c3)C2c2ccccc2OC)c1. The van der Waals surface area contributed by atoms with E-state index in [1.54, 1.807) is 36.4 Å². The summed E-state index contributed by atoms with van der Waals surface area (Å²) < 4.78 is 10.8. The Morgan fingerprint density at radius 3 is 2.33 bits per heavy atom. The van der Waals surface area contributed by atoms with Crippen LogP contribution in [0.5, 0.6) is 11.5 Å². The van der Waals surface area contributed by atoms with Crippen LogP contribution in [0.3, 0.4) is 0 Å². The first-order chi connectivity index (χ1) is 15.9. The monoisotopic (exact) mass is 443 g/mol. The van der Waals surface area contributed by atoms with Crippen molar-refractivity contribution in [2.75, 3.05) is 19.1 Å². The largest absolute Gasteiger partial charge is 0.507 e. The first kappa shape index (κ1) is 22.1. The standard InChI is InChI=1S/C27H25NO5/c1-16-12-13-19(14-17(16)2)28-24(21-10-5-6-11-22(21)33-4)23(26(30)27(28)31)25(29)18-8-7-9-20(15-18)32-3/h5-15,24,29H,1-4H3/b25-23+. The fraction of sp³-hybridized carbons (Fsp3) is 0.185. The van der Waals surface area contributed by atoms with Crippen molar-refractivity contribution in [1.82, 2.24) is 0 Å². The van der Waals surface area contributed by atoms with E-state index in [4.69, 9.17) is 9.47 Å². The Balaban J connectivity index is 1.99. The van der Waals surface area contributed by atoms with Crippen molar-refractivity contribution in [3.8, 4) is 11.5 Å². The molecule has 1 unspecified atom stereocenters. The highest BCUT2D eigenvalue weighted by Crippen LogP contribution is 2.45. The Morgan fingerprint density at radius 1 is 0.879 bits per heavy atom. The number of benzene rings is 3. The molecule has 33 heavy (non-hydrogen) atoms. The van der Waals surface area contributed by atoms with E-state index in [1.807, 2.05) is 44.2 Å². The van der Waals surface area contributed by atoms with E-state index in [1.165, 1.54) is 19.1 Å². The predicted octanol–water partition coefficient (Wildman–Crippen LogP) is 4.95. The van der Waals surface area contributed by atoms with Crippen molar-refractivity contribution >= 4 is 23.1 Å². The number of nitrogens with zero attached hydrogens (tertiary/aromatic N) is 1. The number of methoxy groups -OCH3 is 2. The second-order valence-corrected chi connectivity index (χ2v) is 7.91. The van der Waals surface area contributed by atoms with Gasteiger partial charge in [-0.25, -0.2) is 0 Å². The maximum absolute atomic E-state index is 13.3. The summed E-state index contributed by atoms with van der Waals surface area (Å²) in [6.07, 6.45) is 0. The molecule has 1 aliphatic rings. The van der Waals surface area contributed by atoms with Crippen molar-refractivity contribution in [2.45, 2.75) is 19.9 Å². The summed E-state index contributed by atoms with van der Waals surface area (Å²) in [7, 11) is 3.05. The lowest BCUT2D eigenvalue weighted by atomic mass is 9.94. The fourth-order valence-corrected chi connectivity index (χ4v) is 4.09. The highest BCUT2D eigenvalue weighted by atomic mass is 16.5. The molecule has 0 aromatic heterocycles. The smallest absolute Gasteiger partial charge is 0.300 e. The lowest BCUT2D eigenvalue weighted by molar-refractivity contribution is -0.132. The van der Waals surface area contributed by atoms with Crippen LogP contribution in [0.1, 0.15) is 28.3 Å². The highest BCUT2D eigenvalue weighted by Gasteiger charge is 2.48. The zero-order chi connectivity index (χ0) is 23.7. The molecule has 0 aliphatic carbocycles. The van der Waals surface area contributed by atoms with Crippen LogP contribution in [-0.2, 0) is 9.59 Å². The minimum atomic E-state index is -0.866. The molecule has 1 fully saturated rings. The Labute approximate surface area is 192 Å². The molecule has 0 saturated carbocycles. The quantitative estimate of drug-likeness (QED) is 0.343. The van der Waals surface area contributed by atoms with Gasteiger partial charge in [-0.3, -0.25) is 14.5 Å². The molecule has 1 heterocycles. The van der Waals surface area contributed by atoms with Gasteiger partial charge in [0.25, 0.3) is 11.7 Å². The summed E-state index contributed by atoms with van der Waals surface area (Å²) in [6.45, 7) is 3.93. The number of para-hydroxylation sites is 1. The van der Waals surface area contributed by atoms with E-state index in [0.717, 1.165) is 11.1 Å². The number of amides is 1. The molecule has 3 aromatic carbocycles. The van der Waals surface area contributed by atoms with Gasteiger partial charge in [0.05, 0.1) is 25.8 Å². The van der Waals surface area contributed by atoms with Crippen molar-refractivity contribution in [3.63, 3.8) is 0 Å². The van der Waals surface area contributed by atoms with Crippen molar-refractivity contribution < 1.29 is 24.2 Å². The molecule has 0 radical (unpaired) electrons. The van der Waals surface area contributed by atoms with E-state index < -0.39 is 17.7 Å². The zero-order valence-electron chi connectivity index (χ0n) is 19.0. The van der Waals surface area contributed by atoms with Gasteiger partial charge in [0.15, 0.2) is 0 Å². The molecule has 1 saturated heterocycles. The number of ether oxygens (including phenoxy) is 2. The lowest BCUT2D eigenvalue weighted by Gasteiger charge is -2.27. The topological polar surface area (TPSA) is 76.1 Å². The van der Waals surface area contributed by atoms with Crippen LogP contribution in [0.2, 0.25) is 0 Å². The molecule has 1 amide bonds. The Bertz CT molecular complexity index is 1280. The second-order valence-electron chi connectivity index (χ2n) is 7.91. The van der Waals surface area contributed by atoms with Crippen LogP contribution < -0.4 is 14.4 Å². The van der Waals surface area contributed by atoms with Crippen molar-refractivity contribution in [1.29, 1.82) is 0 Å². The van der Waals surface area contributed by atoms with Crippen LogP contribution in [0, 0.1) is 13.8 Å². The minimum absolute atomic E-state index is 0.00372. The van der Waals surface area contributed by atoms with Gasteiger partial charge < -0.3 is 14.6 Å². The number of aryl methyl sites for hydroxylation is 2. The zero-order valence-corrected chi connectivity index (χ0v) is 19.0. The number of Topliss-reactive ketones (excluding diaryl/α,β-unsaturated/α-hetero) is 1. The number of hydrogen-bond donors (Lipinski definition) is 1. The number of anilines is 1. The molecule has 168 valence electrons. The molecular weight excluding hydrogens is 418 g/mol. The molecule has 1 aliphatic heterocycles. The number of rotatable bonds is 5. The third-order valence-electron chi connectivity index (χ3n) is 5.99. The first-order valence-electron chi connectivity index (χ1n) is 10.5. The van der Waals surface area contributed by atoms with Gasteiger partial charge >= 0.3 is 0 Å². The summed E-state index contributed by atoms with van der Waals surface area (Å²) in [6, 6.07) is 18.6. The van der Waals surface area contributed by atoms with E-state index in [0.29, 0.717) is 28.3 Å². The Hall–Kier alpha value is -4.06. The van der Waals surface area contributed by atoms with Crippen LogP contribution in [0.15, 0.2) is 72.3 Å². The maximum Gasteiger partial charge on any atom is 0.300 e. The highest BCUT2D eigenvalue weighted by molar-refractivity contribution is 6.51. The Kier molecular flexibility index (Phi) is 5.92. The van der Waals surface area contributed by atoms with Crippen LogP contribution >= 0.6 is 0 Å². The first-order valence-corrected chi connectivity index (χ1v) is 10.5. The average molecular weight is 443 g/mol. The van der Waals surface area contributed by atoms with Gasteiger partial charge in [-0.15, -0.1) is 0 Å². The van der Waals surface area contributed by atoms with Crippen LogP contribution in [0.4, 0.5) is 5.69 Å².